The summed E-state index contributed by atoms with van der Waals surface area (Å²) in [6.07, 6.45) is 0. The lowest BCUT2D eigenvalue weighted by molar-refractivity contribution is -0.139. The number of carboxylic acids is 1. The minimum Gasteiger partial charge on any atom is -0.480 e. The minimum atomic E-state index is -1.23. The van der Waals surface area contributed by atoms with Crippen LogP contribution >= 0.6 is 0 Å². The van der Waals surface area contributed by atoms with E-state index in [1.165, 1.54) is 24.3 Å². The molecule has 0 saturated carbocycles. The first-order valence-electron chi connectivity index (χ1n) is 6.03. The van der Waals surface area contributed by atoms with E-state index in [1.54, 1.807) is 24.3 Å². The molecule has 20 heavy (non-hydrogen) atoms. The molecule has 1 unspecified atom stereocenters. The molecule has 0 aliphatic carbocycles. The molecule has 5 heteroatoms. The van der Waals surface area contributed by atoms with Crippen LogP contribution in [0.4, 0.5) is 8.78 Å². The van der Waals surface area contributed by atoms with Gasteiger partial charge in [-0.3, -0.25) is 10.1 Å². The van der Waals surface area contributed by atoms with Crippen LogP contribution in [-0.4, -0.2) is 11.1 Å². The van der Waals surface area contributed by atoms with Crippen molar-refractivity contribution in [2.24, 2.45) is 0 Å². The van der Waals surface area contributed by atoms with Crippen molar-refractivity contribution >= 4 is 5.97 Å². The fourth-order valence-corrected chi connectivity index (χ4v) is 1.89. The monoisotopic (exact) mass is 277 g/mol. The first-order valence-corrected chi connectivity index (χ1v) is 6.03. The Balaban J connectivity index is 2.18. The number of hydrogen-bond donors (Lipinski definition) is 2. The molecule has 0 radical (unpaired) electrons. The summed E-state index contributed by atoms with van der Waals surface area (Å²) in [6, 6.07) is 10.4. The second kappa shape index (κ2) is 6.25. The number of carbonyl (C=O) groups is 1. The van der Waals surface area contributed by atoms with Gasteiger partial charge in [0.15, 0.2) is 0 Å². The fourth-order valence-electron chi connectivity index (χ4n) is 1.89. The van der Waals surface area contributed by atoms with Crippen molar-refractivity contribution in [2.45, 2.75) is 12.6 Å². The van der Waals surface area contributed by atoms with E-state index >= 15 is 0 Å². The van der Waals surface area contributed by atoms with Gasteiger partial charge in [-0.25, -0.2) is 8.78 Å². The summed E-state index contributed by atoms with van der Waals surface area (Å²) in [7, 11) is 0. The smallest absolute Gasteiger partial charge is 0.325 e. The van der Waals surface area contributed by atoms with Crippen molar-refractivity contribution < 1.29 is 18.7 Å². The van der Waals surface area contributed by atoms with Gasteiger partial charge in [-0.15, -0.1) is 0 Å². The van der Waals surface area contributed by atoms with Gasteiger partial charge in [0.1, 0.15) is 17.7 Å². The summed E-state index contributed by atoms with van der Waals surface area (Å²) in [6.45, 7) is -0.00201. The lowest BCUT2D eigenvalue weighted by Gasteiger charge is -2.15. The van der Waals surface area contributed by atoms with Gasteiger partial charge in [0, 0.05) is 17.7 Å². The van der Waals surface area contributed by atoms with Gasteiger partial charge in [-0.1, -0.05) is 36.4 Å². The summed E-state index contributed by atoms with van der Waals surface area (Å²) >= 11 is 0. The normalized spacial score (nSPS) is 12.1. The molecule has 0 amide bonds. The van der Waals surface area contributed by atoms with Crippen LogP contribution in [0, 0.1) is 11.6 Å². The zero-order chi connectivity index (χ0) is 14.5. The number of halogens is 2. The first kappa shape index (κ1) is 14.1. The van der Waals surface area contributed by atoms with Crippen LogP contribution in [0.5, 0.6) is 0 Å². The van der Waals surface area contributed by atoms with Crippen molar-refractivity contribution in [3.63, 3.8) is 0 Å². The summed E-state index contributed by atoms with van der Waals surface area (Å²) in [5, 5.41) is 11.8. The van der Waals surface area contributed by atoms with Crippen LogP contribution in [-0.2, 0) is 11.3 Å². The Morgan fingerprint density at radius 2 is 1.65 bits per heavy atom. The lowest BCUT2D eigenvalue weighted by Crippen LogP contribution is -2.29. The van der Waals surface area contributed by atoms with Crippen LogP contribution < -0.4 is 5.32 Å². The van der Waals surface area contributed by atoms with Crippen molar-refractivity contribution in [2.75, 3.05) is 0 Å². The van der Waals surface area contributed by atoms with Crippen LogP contribution in [0.1, 0.15) is 17.2 Å². The second-order valence-electron chi connectivity index (χ2n) is 4.27. The highest BCUT2D eigenvalue weighted by Crippen LogP contribution is 2.18. The SMILES string of the molecule is O=C(O)C(NCc1ccccc1F)c1ccccc1F. The molecule has 2 rings (SSSR count). The highest BCUT2D eigenvalue weighted by atomic mass is 19.1. The average molecular weight is 277 g/mol. The van der Waals surface area contributed by atoms with E-state index in [4.69, 9.17) is 0 Å². The molecule has 0 aromatic heterocycles. The van der Waals surface area contributed by atoms with E-state index in [9.17, 15) is 18.7 Å². The van der Waals surface area contributed by atoms with Gasteiger partial charge in [-0.2, -0.15) is 0 Å². The number of benzene rings is 2. The van der Waals surface area contributed by atoms with Gasteiger partial charge >= 0.3 is 5.97 Å². The van der Waals surface area contributed by atoms with E-state index in [2.05, 4.69) is 5.32 Å². The maximum absolute atomic E-state index is 13.6. The van der Waals surface area contributed by atoms with Gasteiger partial charge in [0.05, 0.1) is 0 Å². The number of hydrogen-bond acceptors (Lipinski definition) is 2. The molecule has 0 fully saturated rings. The Bertz CT molecular complexity index is 616. The molecule has 0 heterocycles. The molecule has 0 saturated heterocycles. The van der Waals surface area contributed by atoms with Gasteiger partial charge < -0.3 is 5.11 Å². The standard InChI is InChI=1S/C15H13F2NO2/c16-12-7-3-1-5-10(12)9-18-14(15(19)20)11-6-2-4-8-13(11)17/h1-8,14,18H,9H2,(H,19,20). The highest BCUT2D eigenvalue weighted by molar-refractivity contribution is 5.75. The summed E-state index contributed by atoms with van der Waals surface area (Å²) in [5.74, 6) is -2.26. The first-order chi connectivity index (χ1) is 9.59. The quantitative estimate of drug-likeness (QED) is 0.883. The molecule has 2 aromatic carbocycles. The molecule has 104 valence electrons. The number of aliphatic carboxylic acids is 1. The zero-order valence-corrected chi connectivity index (χ0v) is 10.5. The third-order valence-corrected chi connectivity index (χ3v) is 2.92. The third-order valence-electron chi connectivity index (χ3n) is 2.92. The Hall–Kier alpha value is -2.27. The summed E-state index contributed by atoms with van der Waals surface area (Å²) < 4.78 is 27.1. The Labute approximate surface area is 114 Å². The Morgan fingerprint density at radius 1 is 1.05 bits per heavy atom. The molecule has 0 spiro atoms. The van der Waals surface area contributed by atoms with Crippen LogP contribution in [0.15, 0.2) is 48.5 Å². The topological polar surface area (TPSA) is 49.3 Å². The van der Waals surface area contributed by atoms with E-state index in [0.29, 0.717) is 5.56 Å². The molecular formula is C15H13F2NO2. The molecular weight excluding hydrogens is 264 g/mol. The van der Waals surface area contributed by atoms with Crippen LogP contribution in [0.3, 0.4) is 0 Å². The van der Waals surface area contributed by atoms with Gasteiger partial charge in [-0.05, 0) is 12.1 Å². The van der Waals surface area contributed by atoms with Crippen molar-refractivity contribution in [1.82, 2.24) is 5.32 Å². The van der Waals surface area contributed by atoms with Gasteiger partial charge in [0.25, 0.3) is 0 Å². The summed E-state index contributed by atoms with van der Waals surface area (Å²) in [5.41, 5.74) is 0.353. The van der Waals surface area contributed by atoms with Crippen molar-refractivity contribution in [3.8, 4) is 0 Å². The van der Waals surface area contributed by atoms with E-state index < -0.39 is 23.6 Å². The maximum Gasteiger partial charge on any atom is 0.325 e. The maximum atomic E-state index is 13.6. The van der Waals surface area contributed by atoms with Gasteiger partial charge in [0.2, 0.25) is 0 Å². The molecule has 1 atom stereocenters. The average Bonchev–Trinajstić information content (AvgIpc) is 2.42. The fraction of sp³-hybridized carbons (Fsp3) is 0.133. The zero-order valence-electron chi connectivity index (χ0n) is 10.5. The molecule has 2 N–H and O–H groups in total. The van der Waals surface area contributed by atoms with E-state index in [1.807, 2.05) is 0 Å². The lowest BCUT2D eigenvalue weighted by atomic mass is 10.1. The molecule has 0 aliphatic rings. The van der Waals surface area contributed by atoms with Crippen LogP contribution in [0.2, 0.25) is 0 Å². The molecule has 3 nitrogen and oxygen atoms in total. The molecule has 2 aromatic rings. The number of nitrogens with one attached hydrogen (secondary N) is 1. The molecule has 0 aliphatic heterocycles. The van der Waals surface area contributed by atoms with E-state index in [-0.39, 0.29) is 12.1 Å². The minimum absolute atomic E-state index is 0.00201. The Morgan fingerprint density at radius 3 is 2.25 bits per heavy atom. The highest BCUT2D eigenvalue weighted by Gasteiger charge is 2.22. The third kappa shape index (κ3) is 3.19. The van der Waals surface area contributed by atoms with Crippen molar-refractivity contribution in [1.29, 1.82) is 0 Å². The molecule has 0 bridgehead atoms. The van der Waals surface area contributed by atoms with Crippen molar-refractivity contribution in [3.05, 3.63) is 71.3 Å². The number of carboxylic acid groups (broad SMARTS) is 1. The predicted octanol–water partition coefficient (Wildman–Crippen LogP) is 2.88. The number of rotatable bonds is 5. The van der Waals surface area contributed by atoms with E-state index in [0.717, 1.165) is 0 Å². The van der Waals surface area contributed by atoms with Crippen LogP contribution in [0.25, 0.3) is 0 Å². The largest absolute Gasteiger partial charge is 0.480 e. The second-order valence-corrected chi connectivity index (χ2v) is 4.27. The Kier molecular flexibility index (Phi) is 4.42. The summed E-state index contributed by atoms with van der Waals surface area (Å²) in [4.78, 5) is 11.2. The predicted molar refractivity (Wildman–Crippen MR) is 70.0 cm³/mol.